The highest BCUT2D eigenvalue weighted by atomic mass is 19.4. The second kappa shape index (κ2) is 6.65. The predicted molar refractivity (Wildman–Crippen MR) is 67.2 cm³/mol. The number of hydrogen-bond acceptors (Lipinski definition) is 0. The fourth-order valence-corrected chi connectivity index (χ4v) is 1.42. The van der Waals surface area contributed by atoms with Crippen LogP contribution in [0.1, 0.15) is 16.7 Å². The smallest absolute Gasteiger partial charge is 0.204 e. The molecule has 0 nitrogen and oxygen atoms in total. The van der Waals surface area contributed by atoms with E-state index in [1.54, 1.807) is 6.92 Å². The summed E-state index contributed by atoms with van der Waals surface area (Å²) in [5.41, 5.74) is 0.609. The average Bonchev–Trinajstić information content (AvgIpc) is 2.36. The summed E-state index contributed by atoms with van der Waals surface area (Å²) >= 11 is 0. The Hall–Kier alpha value is -1.98. The summed E-state index contributed by atoms with van der Waals surface area (Å²) in [5.74, 6) is -3.69. The maximum Gasteiger partial charge on any atom is 0.416 e. The van der Waals surface area contributed by atoms with Gasteiger partial charge in [-0.15, -0.1) is 0 Å². The number of hydrogen-bond donors (Lipinski definition) is 0. The number of benzene rings is 2. The molecule has 0 bridgehead atoms. The summed E-state index contributed by atoms with van der Waals surface area (Å²) in [6, 6.07) is 6.94. The molecular formula is C15H12F6. The van der Waals surface area contributed by atoms with Crippen LogP contribution in [0.5, 0.6) is 0 Å². The first-order chi connectivity index (χ1) is 9.61. The number of aryl methyl sites for hydroxylation is 2. The Kier molecular flexibility index (Phi) is 5.41. The van der Waals surface area contributed by atoms with Crippen molar-refractivity contribution in [1.82, 2.24) is 0 Å². The molecule has 0 saturated carbocycles. The van der Waals surface area contributed by atoms with Crippen LogP contribution in [0, 0.1) is 31.3 Å². The first kappa shape index (κ1) is 17.1. The summed E-state index contributed by atoms with van der Waals surface area (Å²) in [6.45, 7) is 3.24. The molecule has 0 aromatic heterocycles. The van der Waals surface area contributed by atoms with Gasteiger partial charge in [0.1, 0.15) is 0 Å². The quantitative estimate of drug-likeness (QED) is 0.450. The zero-order chi connectivity index (χ0) is 16.2. The van der Waals surface area contributed by atoms with Gasteiger partial charge < -0.3 is 0 Å². The molecule has 2 rings (SSSR count). The van der Waals surface area contributed by atoms with Crippen molar-refractivity contribution in [3.63, 3.8) is 0 Å². The van der Waals surface area contributed by atoms with Crippen LogP contribution in [-0.4, -0.2) is 0 Å². The summed E-state index contributed by atoms with van der Waals surface area (Å²) in [7, 11) is 0. The fraction of sp³-hybridized carbons (Fsp3) is 0.200. The van der Waals surface area contributed by atoms with Crippen molar-refractivity contribution in [3.05, 3.63) is 70.5 Å². The standard InChI is InChI=1S/C8H7F3.C7H5F3/c1-6-2-4-7(5-3-6)8(9,10)11;1-4-2-5(8)7(10)6(9)3-4/h2-5H,1H3;2-3H,1H3. The third-order valence-electron chi connectivity index (χ3n) is 2.51. The highest BCUT2D eigenvalue weighted by Crippen LogP contribution is 2.28. The first-order valence-electron chi connectivity index (χ1n) is 5.86. The molecule has 2 aromatic carbocycles. The molecule has 0 aliphatic carbocycles. The molecule has 0 fully saturated rings. The molecule has 0 spiro atoms. The molecular weight excluding hydrogens is 294 g/mol. The summed E-state index contributed by atoms with van der Waals surface area (Å²) < 4.78 is 72.4. The molecule has 0 radical (unpaired) electrons. The van der Waals surface area contributed by atoms with E-state index in [4.69, 9.17) is 0 Å². The Morgan fingerprint density at radius 3 is 1.52 bits per heavy atom. The Balaban J connectivity index is 0.000000211. The van der Waals surface area contributed by atoms with Crippen molar-refractivity contribution < 1.29 is 26.3 Å². The van der Waals surface area contributed by atoms with Gasteiger partial charge in [0.2, 0.25) is 0 Å². The molecule has 0 amide bonds. The SMILES string of the molecule is Cc1cc(F)c(F)c(F)c1.Cc1ccc(C(F)(F)F)cc1. The highest BCUT2D eigenvalue weighted by Gasteiger charge is 2.29. The fourth-order valence-electron chi connectivity index (χ4n) is 1.42. The lowest BCUT2D eigenvalue weighted by Gasteiger charge is -2.05. The lowest BCUT2D eigenvalue weighted by Crippen LogP contribution is -2.03. The van der Waals surface area contributed by atoms with Crippen molar-refractivity contribution in [1.29, 1.82) is 0 Å². The van der Waals surface area contributed by atoms with Gasteiger partial charge in [-0.3, -0.25) is 0 Å². The van der Waals surface area contributed by atoms with Gasteiger partial charge in [0.25, 0.3) is 0 Å². The van der Waals surface area contributed by atoms with Crippen LogP contribution < -0.4 is 0 Å². The average molecular weight is 306 g/mol. The van der Waals surface area contributed by atoms with Crippen LogP contribution in [0.2, 0.25) is 0 Å². The zero-order valence-electron chi connectivity index (χ0n) is 11.2. The Morgan fingerprint density at radius 1 is 0.714 bits per heavy atom. The minimum absolute atomic E-state index is 0.372. The van der Waals surface area contributed by atoms with Gasteiger partial charge in [0.15, 0.2) is 17.5 Å². The van der Waals surface area contributed by atoms with E-state index in [1.165, 1.54) is 19.1 Å². The van der Waals surface area contributed by atoms with Gasteiger partial charge in [-0.05, 0) is 43.7 Å². The van der Waals surface area contributed by atoms with E-state index in [0.717, 1.165) is 29.8 Å². The molecule has 0 aliphatic rings. The van der Waals surface area contributed by atoms with Gasteiger partial charge >= 0.3 is 6.18 Å². The largest absolute Gasteiger partial charge is 0.416 e. The van der Waals surface area contributed by atoms with E-state index >= 15 is 0 Å². The van der Waals surface area contributed by atoms with Gasteiger partial charge in [-0.2, -0.15) is 13.2 Å². The Labute approximate surface area is 118 Å². The molecule has 0 heterocycles. The topological polar surface area (TPSA) is 0 Å². The maximum absolute atomic E-state index is 12.2. The molecule has 0 aliphatic heterocycles. The van der Waals surface area contributed by atoms with Crippen LogP contribution in [0.4, 0.5) is 26.3 Å². The third kappa shape index (κ3) is 5.13. The van der Waals surface area contributed by atoms with Gasteiger partial charge in [-0.1, -0.05) is 17.7 Å². The number of alkyl halides is 3. The maximum atomic E-state index is 12.2. The minimum Gasteiger partial charge on any atom is -0.204 e. The molecule has 6 heteroatoms. The van der Waals surface area contributed by atoms with Gasteiger partial charge in [0.05, 0.1) is 5.56 Å². The molecule has 0 unspecified atom stereocenters. The van der Waals surface area contributed by atoms with Crippen molar-refractivity contribution in [3.8, 4) is 0 Å². The number of rotatable bonds is 0. The second-order valence-corrected chi connectivity index (χ2v) is 4.41. The van der Waals surface area contributed by atoms with Crippen LogP contribution in [0.25, 0.3) is 0 Å². The lowest BCUT2D eigenvalue weighted by molar-refractivity contribution is -0.137. The Bertz CT molecular complexity index is 576. The third-order valence-corrected chi connectivity index (χ3v) is 2.51. The summed E-state index contributed by atoms with van der Waals surface area (Å²) in [4.78, 5) is 0. The van der Waals surface area contributed by atoms with Crippen molar-refractivity contribution >= 4 is 0 Å². The first-order valence-corrected chi connectivity index (χ1v) is 5.86. The van der Waals surface area contributed by atoms with Gasteiger partial charge in [-0.25, -0.2) is 13.2 Å². The summed E-state index contributed by atoms with van der Waals surface area (Å²) in [5, 5.41) is 0. The van der Waals surface area contributed by atoms with Crippen LogP contribution in [0.15, 0.2) is 36.4 Å². The molecule has 0 atom stereocenters. The van der Waals surface area contributed by atoms with E-state index in [2.05, 4.69) is 0 Å². The van der Waals surface area contributed by atoms with E-state index in [-0.39, 0.29) is 0 Å². The van der Waals surface area contributed by atoms with E-state index < -0.39 is 29.2 Å². The number of halogens is 6. The predicted octanol–water partition coefficient (Wildman–Crippen LogP) is 5.43. The van der Waals surface area contributed by atoms with E-state index in [0.29, 0.717) is 5.56 Å². The van der Waals surface area contributed by atoms with Gasteiger partial charge in [0, 0.05) is 0 Å². The van der Waals surface area contributed by atoms with Crippen molar-refractivity contribution in [2.45, 2.75) is 20.0 Å². The minimum atomic E-state index is -4.21. The second-order valence-electron chi connectivity index (χ2n) is 4.41. The van der Waals surface area contributed by atoms with E-state index in [1.807, 2.05) is 0 Å². The van der Waals surface area contributed by atoms with Crippen molar-refractivity contribution in [2.75, 3.05) is 0 Å². The Morgan fingerprint density at radius 2 is 1.14 bits per heavy atom. The zero-order valence-corrected chi connectivity index (χ0v) is 11.2. The lowest BCUT2D eigenvalue weighted by atomic mass is 10.1. The molecule has 0 N–H and O–H groups in total. The van der Waals surface area contributed by atoms with Crippen LogP contribution in [-0.2, 0) is 6.18 Å². The molecule has 0 saturated heterocycles. The highest BCUT2D eigenvalue weighted by molar-refractivity contribution is 5.23. The summed E-state index contributed by atoms with van der Waals surface area (Å²) in [6.07, 6.45) is -4.21. The van der Waals surface area contributed by atoms with Crippen LogP contribution >= 0.6 is 0 Å². The normalized spacial score (nSPS) is 10.9. The monoisotopic (exact) mass is 306 g/mol. The van der Waals surface area contributed by atoms with Crippen molar-refractivity contribution in [2.24, 2.45) is 0 Å². The van der Waals surface area contributed by atoms with Crippen LogP contribution in [0.3, 0.4) is 0 Å². The molecule has 114 valence electrons. The molecule has 21 heavy (non-hydrogen) atoms. The van der Waals surface area contributed by atoms with E-state index in [9.17, 15) is 26.3 Å². The molecule has 2 aromatic rings.